The molecule has 3 heteroatoms. The van der Waals surface area contributed by atoms with E-state index in [1.165, 1.54) is 0 Å². The molecule has 0 saturated carbocycles. The first kappa shape index (κ1) is 14.5. The maximum Gasteiger partial charge on any atom is 0.225 e. The molecule has 0 radical (unpaired) electrons. The van der Waals surface area contributed by atoms with Gasteiger partial charge in [0.2, 0.25) is 5.91 Å². The smallest absolute Gasteiger partial charge is 0.225 e. The van der Waals surface area contributed by atoms with Crippen molar-refractivity contribution in [2.45, 2.75) is 66.7 Å². The standard InChI is InChI=1S/C14H27NO2/c1-10(2)11-9-17-14(6,7)15(11)12(16)8-13(3,4)5/h10-11H,8-9H2,1-7H3. The van der Waals surface area contributed by atoms with Gasteiger partial charge in [0.15, 0.2) is 0 Å². The van der Waals surface area contributed by atoms with Crippen LogP contribution in [0, 0.1) is 11.3 Å². The van der Waals surface area contributed by atoms with Gasteiger partial charge in [-0.05, 0) is 25.2 Å². The van der Waals surface area contributed by atoms with Crippen LogP contribution in [0.3, 0.4) is 0 Å². The Balaban J connectivity index is 2.87. The molecule has 1 aliphatic heterocycles. The monoisotopic (exact) mass is 241 g/mol. The van der Waals surface area contributed by atoms with Crippen molar-refractivity contribution in [1.82, 2.24) is 4.90 Å². The average Bonchev–Trinajstić information content (AvgIpc) is 2.37. The van der Waals surface area contributed by atoms with E-state index in [1.54, 1.807) is 0 Å². The summed E-state index contributed by atoms with van der Waals surface area (Å²) < 4.78 is 5.77. The zero-order chi connectivity index (χ0) is 13.4. The summed E-state index contributed by atoms with van der Waals surface area (Å²) in [5, 5.41) is 0. The zero-order valence-corrected chi connectivity index (χ0v) is 12.3. The van der Waals surface area contributed by atoms with E-state index in [-0.39, 0.29) is 17.4 Å². The highest BCUT2D eigenvalue weighted by Gasteiger charge is 2.45. The summed E-state index contributed by atoms with van der Waals surface area (Å²) >= 11 is 0. The fourth-order valence-electron chi connectivity index (χ4n) is 2.35. The van der Waals surface area contributed by atoms with Gasteiger partial charge in [-0.15, -0.1) is 0 Å². The molecule has 0 aromatic rings. The minimum absolute atomic E-state index is 0.0251. The van der Waals surface area contributed by atoms with Crippen LogP contribution < -0.4 is 0 Å². The van der Waals surface area contributed by atoms with Crippen LogP contribution in [0.5, 0.6) is 0 Å². The molecule has 0 aromatic carbocycles. The lowest BCUT2D eigenvalue weighted by molar-refractivity contribution is -0.148. The Labute approximate surface area is 106 Å². The first-order valence-electron chi connectivity index (χ1n) is 6.51. The van der Waals surface area contributed by atoms with Crippen LogP contribution in [-0.2, 0) is 9.53 Å². The summed E-state index contributed by atoms with van der Waals surface area (Å²) in [6, 6.07) is 0.208. The minimum Gasteiger partial charge on any atom is -0.354 e. The van der Waals surface area contributed by atoms with Gasteiger partial charge in [-0.25, -0.2) is 0 Å². The number of rotatable bonds is 2. The van der Waals surface area contributed by atoms with Gasteiger partial charge in [0.1, 0.15) is 5.72 Å². The van der Waals surface area contributed by atoms with Crippen LogP contribution >= 0.6 is 0 Å². The van der Waals surface area contributed by atoms with Crippen molar-refractivity contribution in [3.63, 3.8) is 0 Å². The van der Waals surface area contributed by atoms with Gasteiger partial charge in [0.25, 0.3) is 0 Å². The lowest BCUT2D eigenvalue weighted by atomic mass is 9.90. The highest BCUT2D eigenvalue weighted by molar-refractivity contribution is 5.78. The third kappa shape index (κ3) is 3.44. The Morgan fingerprint density at radius 1 is 1.41 bits per heavy atom. The normalized spacial score (nSPS) is 24.5. The molecule has 17 heavy (non-hydrogen) atoms. The lowest BCUT2D eigenvalue weighted by Gasteiger charge is -2.37. The third-order valence-corrected chi connectivity index (χ3v) is 3.24. The van der Waals surface area contributed by atoms with Gasteiger partial charge in [0.05, 0.1) is 12.6 Å². The van der Waals surface area contributed by atoms with Crippen molar-refractivity contribution < 1.29 is 9.53 Å². The summed E-state index contributed by atoms with van der Waals surface area (Å²) in [5.41, 5.74) is -0.436. The molecule has 0 N–H and O–H groups in total. The maximum atomic E-state index is 12.4. The fraction of sp³-hybridized carbons (Fsp3) is 0.929. The largest absolute Gasteiger partial charge is 0.354 e. The van der Waals surface area contributed by atoms with Gasteiger partial charge in [-0.1, -0.05) is 34.6 Å². The van der Waals surface area contributed by atoms with E-state index < -0.39 is 5.72 Å². The van der Waals surface area contributed by atoms with Crippen LogP contribution in [0.2, 0.25) is 0 Å². The SMILES string of the molecule is CC(C)C1COC(C)(C)N1C(=O)CC(C)(C)C. The quantitative estimate of drug-likeness (QED) is 0.743. The molecule has 1 atom stereocenters. The van der Waals surface area contributed by atoms with Gasteiger partial charge < -0.3 is 9.64 Å². The molecular weight excluding hydrogens is 214 g/mol. The Kier molecular flexibility index (Phi) is 3.92. The van der Waals surface area contributed by atoms with E-state index in [1.807, 2.05) is 18.7 Å². The molecule has 1 amide bonds. The number of ether oxygens (including phenoxy) is 1. The van der Waals surface area contributed by atoms with Crippen molar-refractivity contribution in [3.8, 4) is 0 Å². The van der Waals surface area contributed by atoms with E-state index in [0.29, 0.717) is 18.9 Å². The molecule has 1 fully saturated rings. The van der Waals surface area contributed by atoms with Gasteiger partial charge in [-0.2, -0.15) is 0 Å². The van der Waals surface area contributed by atoms with Gasteiger partial charge >= 0.3 is 0 Å². The molecule has 1 rings (SSSR count). The summed E-state index contributed by atoms with van der Waals surface area (Å²) in [6.45, 7) is 15.2. The Morgan fingerprint density at radius 3 is 2.35 bits per heavy atom. The number of hydrogen-bond donors (Lipinski definition) is 0. The topological polar surface area (TPSA) is 29.5 Å². The molecule has 0 bridgehead atoms. The van der Waals surface area contributed by atoms with Crippen molar-refractivity contribution in [2.75, 3.05) is 6.61 Å². The van der Waals surface area contributed by atoms with Crippen molar-refractivity contribution in [3.05, 3.63) is 0 Å². The predicted octanol–water partition coefficient (Wildman–Crippen LogP) is 3.04. The van der Waals surface area contributed by atoms with Gasteiger partial charge in [0, 0.05) is 6.42 Å². The summed E-state index contributed by atoms with van der Waals surface area (Å²) in [6.07, 6.45) is 0.572. The molecule has 1 aliphatic rings. The molecule has 0 aliphatic carbocycles. The second-order valence-electron chi connectivity index (χ2n) is 7.07. The Hall–Kier alpha value is -0.570. The first-order chi connectivity index (χ1) is 7.54. The maximum absolute atomic E-state index is 12.4. The van der Waals surface area contributed by atoms with Crippen molar-refractivity contribution in [2.24, 2.45) is 11.3 Å². The van der Waals surface area contributed by atoms with Crippen molar-refractivity contribution >= 4 is 5.91 Å². The van der Waals surface area contributed by atoms with E-state index >= 15 is 0 Å². The molecular formula is C14H27NO2. The summed E-state index contributed by atoms with van der Waals surface area (Å²) in [5.74, 6) is 0.638. The Bertz CT molecular complexity index is 289. The predicted molar refractivity (Wildman–Crippen MR) is 69.6 cm³/mol. The van der Waals surface area contributed by atoms with Crippen LogP contribution in [-0.4, -0.2) is 29.2 Å². The highest BCUT2D eigenvalue weighted by atomic mass is 16.5. The second-order valence-corrected chi connectivity index (χ2v) is 7.07. The molecule has 1 saturated heterocycles. The van der Waals surface area contributed by atoms with E-state index in [2.05, 4.69) is 34.6 Å². The highest BCUT2D eigenvalue weighted by Crippen LogP contribution is 2.33. The number of hydrogen-bond acceptors (Lipinski definition) is 2. The molecule has 1 heterocycles. The van der Waals surface area contributed by atoms with Crippen LogP contribution in [0.25, 0.3) is 0 Å². The summed E-state index contributed by atoms with van der Waals surface area (Å²) in [7, 11) is 0. The molecule has 0 spiro atoms. The zero-order valence-electron chi connectivity index (χ0n) is 12.3. The van der Waals surface area contributed by atoms with E-state index in [4.69, 9.17) is 4.74 Å². The molecule has 1 unspecified atom stereocenters. The van der Waals surface area contributed by atoms with E-state index in [9.17, 15) is 4.79 Å². The molecule has 0 aromatic heterocycles. The van der Waals surface area contributed by atoms with Crippen molar-refractivity contribution in [1.29, 1.82) is 0 Å². The number of amides is 1. The first-order valence-corrected chi connectivity index (χ1v) is 6.51. The number of nitrogens with zero attached hydrogens (tertiary/aromatic N) is 1. The minimum atomic E-state index is -0.461. The van der Waals surface area contributed by atoms with Gasteiger partial charge in [-0.3, -0.25) is 4.79 Å². The van der Waals surface area contributed by atoms with Crippen LogP contribution in [0.15, 0.2) is 0 Å². The second kappa shape index (κ2) is 4.60. The summed E-state index contributed by atoms with van der Waals surface area (Å²) in [4.78, 5) is 14.4. The number of carbonyl (C=O) groups excluding carboxylic acids is 1. The molecule has 100 valence electrons. The Morgan fingerprint density at radius 2 is 1.94 bits per heavy atom. The van der Waals surface area contributed by atoms with E-state index in [0.717, 1.165) is 0 Å². The van der Waals surface area contributed by atoms with Crippen LogP contribution in [0.4, 0.5) is 0 Å². The average molecular weight is 241 g/mol. The third-order valence-electron chi connectivity index (χ3n) is 3.24. The van der Waals surface area contributed by atoms with Crippen LogP contribution in [0.1, 0.15) is 54.9 Å². The fourth-order valence-corrected chi connectivity index (χ4v) is 2.35. The lowest BCUT2D eigenvalue weighted by Crippen LogP contribution is -2.50. The number of carbonyl (C=O) groups is 1. The molecule has 3 nitrogen and oxygen atoms in total.